The van der Waals surface area contributed by atoms with Crippen molar-refractivity contribution in [2.75, 3.05) is 13.2 Å². The molecule has 0 saturated carbocycles. The summed E-state index contributed by atoms with van der Waals surface area (Å²) < 4.78 is 16.9. The van der Waals surface area contributed by atoms with Crippen molar-refractivity contribution in [2.24, 2.45) is 0 Å². The summed E-state index contributed by atoms with van der Waals surface area (Å²) in [6.07, 6.45) is -0.548. The number of amides is 3. The van der Waals surface area contributed by atoms with Gasteiger partial charge in [0.15, 0.2) is 0 Å². The van der Waals surface area contributed by atoms with Crippen LogP contribution in [0.2, 0.25) is 0 Å². The van der Waals surface area contributed by atoms with E-state index in [1.165, 1.54) is 0 Å². The summed E-state index contributed by atoms with van der Waals surface area (Å²) in [5.41, 5.74) is 5.91. The molecule has 0 unspecified atom stereocenters. The van der Waals surface area contributed by atoms with Gasteiger partial charge >= 0.3 is 12.2 Å². The van der Waals surface area contributed by atoms with E-state index in [4.69, 9.17) is 14.2 Å². The highest BCUT2D eigenvalue weighted by molar-refractivity contribution is 5.85. The van der Waals surface area contributed by atoms with Crippen molar-refractivity contribution in [3.8, 4) is 16.9 Å². The number of fused-ring (bicyclic) bond motifs is 3. The molecule has 0 bridgehead atoms. The number of hydrogen-bond donors (Lipinski definition) is 3. The molecule has 4 aromatic rings. The molecule has 4 aromatic carbocycles. The van der Waals surface area contributed by atoms with Crippen molar-refractivity contribution in [1.29, 1.82) is 0 Å². The van der Waals surface area contributed by atoms with Crippen LogP contribution in [0.25, 0.3) is 11.1 Å². The second kappa shape index (κ2) is 16.0. The Bertz CT molecular complexity index is 1640. The Morgan fingerprint density at radius 3 is 1.98 bits per heavy atom. The van der Waals surface area contributed by atoms with Crippen molar-refractivity contribution in [1.82, 2.24) is 16.0 Å². The zero-order valence-electron chi connectivity index (χ0n) is 27.7. The Labute approximate surface area is 282 Å². The van der Waals surface area contributed by atoms with Crippen molar-refractivity contribution in [3.63, 3.8) is 0 Å². The molecule has 3 amide bonds. The number of nitrogens with one attached hydrogen (secondary N) is 3. The molecule has 0 fully saturated rings. The largest absolute Gasteiger partial charge is 0.488 e. The second-order valence-corrected chi connectivity index (χ2v) is 12.7. The van der Waals surface area contributed by atoms with E-state index in [2.05, 4.69) is 40.2 Å². The zero-order chi connectivity index (χ0) is 33.9. The standard InChI is InChI=1S/C39H43N3O6/c1-39(2,3)48-29-21-19-27(20-22-29)24-41-36(43)35(18-11-23-40-37(44)46-25-28-12-5-4-6-13-28)42-38(45)47-26-34-32-16-9-7-14-30(32)31-15-8-10-17-33(31)34/h4-10,12-17,19-22,34-35H,11,18,23-26H2,1-3H3,(H,40,44)(H,41,43)(H,42,45)/t35-/m1/s1. The van der Waals surface area contributed by atoms with Gasteiger partial charge in [-0.15, -0.1) is 0 Å². The van der Waals surface area contributed by atoms with E-state index in [-0.39, 0.29) is 50.2 Å². The minimum Gasteiger partial charge on any atom is -0.488 e. The van der Waals surface area contributed by atoms with Crippen LogP contribution in [0.15, 0.2) is 103 Å². The molecule has 48 heavy (non-hydrogen) atoms. The van der Waals surface area contributed by atoms with Crippen LogP contribution in [0.4, 0.5) is 9.59 Å². The maximum atomic E-state index is 13.4. The van der Waals surface area contributed by atoms with Gasteiger partial charge in [0, 0.05) is 19.0 Å². The minimum absolute atomic E-state index is 0.105. The van der Waals surface area contributed by atoms with E-state index in [1.807, 2.05) is 99.6 Å². The van der Waals surface area contributed by atoms with Gasteiger partial charge in [0.2, 0.25) is 5.91 Å². The number of benzene rings is 4. The van der Waals surface area contributed by atoms with Crippen LogP contribution in [0.3, 0.4) is 0 Å². The van der Waals surface area contributed by atoms with Gasteiger partial charge in [0.1, 0.15) is 30.6 Å². The lowest BCUT2D eigenvalue weighted by Gasteiger charge is -2.21. The van der Waals surface area contributed by atoms with Crippen molar-refractivity contribution >= 4 is 18.1 Å². The van der Waals surface area contributed by atoms with Gasteiger partial charge in [0.05, 0.1) is 0 Å². The summed E-state index contributed by atoms with van der Waals surface area (Å²) in [5.74, 6) is 0.277. The van der Waals surface area contributed by atoms with Gasteiger partial charge in [-0.3, -0.25) is 4.79 Å². The first-order chi connectivity index (χ1) is 23.2. The molecule has 9 heteroatoms. The molecular formula is C39H43N3O6. The first-order valence-corrected chi connectivity index (χ1v) is 16.3. The Morgan fingerprint density at radius 1 is 0.708 bits per heavy atom. The molecule has 3 N–H and O–H groups in total. The molecule has 250 valence electrons. The fourth-order valence-corrected chi connectivity index (χ4v) is 5.66. The number of carbonyl (C=O) groups is 3. The molecule has 0 spiro atoms. The molecule has 0 aromatic heterocycles. The second-order valence-electron chi connectivity index (χ2n) is 12.7. The third kappa shape index (κ3) is 9.61. The molecule has 1 atom stereocenters. The van der Waals surface area contributed by atoms with Crippen LogP contribution in [0, 0.1) is 0 Å². The van der Waals surface area contributed by atoms with Gasteiger partial charge < -0.3 is 30.2 Å². The SMILES string of the molecule is CC(C)(C)Oc1ccc(CNC(=O)[C@@H](CCCNC(=O)OCc2ccccc2)NC(=O)OCC2c3ccccc3-c3ccccc32)cc1. The summed E-state index contributed by atoms with van der Waals surface area (Å²) in [7, 11) is 0. The highest BCUT2D eigenvalue weighted by Crippen LogP contribution is 2.44. The minimum atomic E-state index is -0.883. The lowest BCUT2D eigenvalue weighted by atomic mass is 9.98. The predicted octanol–water partition coefficient (Wildman–Crippen LogP) is 7.09. The Balaban J connectivity index is 1.16. The quantitative estimate of drug-likeness (QED) is 0.133. The van der Waals surface area contributed by atoms with Crippen LogP contribution in [0.5, 0.6) is 5.75 Å². The normalized spacial score (nSPS) is 12.6. The number of alkyl carbamates (subject to hydrolysis) is 2. The van der Waals surface area contributed by atoms with E-state index in [1.54, 1.807) is 0 Å². The van der Waals surface area contributed by atoms with Crippen molar-refractivity contribution in [2.45, 2.75) is 64.3 Å². The highest BCUT2D eigenvalue weighted by Gasteiger charge is 2.30. The van der Waals surface area contributed by atoms with Crippen LogP contribution in [0.1, 0.15) is 61.8 Å². The average molecular weight is 650 g/mol. The topological polar surface area (TPSA) is 115 Å². The summed E-state index contributed by atoms with van der Waals surface area (Å²) in [4.78, 5) is 38.7. The summed E-state index contributed by atoms with van der Waals surface area (Å²) in [6.45, 7) is 6.76. The number of carbonyl (C=O) groups excluding carboxylic acids is 3. The molecular weight excluding hydrogens is 606 g/mol. The zero-order valence-corrected chi connectivity index (χ0v) is 27.7. The fraction of sp³-hybridized carbons (Fsp3) is 0.308. The highest BCUT2D eigenvalue weighted by atomic mass is 16.6. The molecule has 1 aliphatic carbocycles. The first-order valence-electron chi connectivity index (χ1n) is 16.3. The lowest BCUT2D eigenvalue weighted by Crippen LogP contribution is -2.47. The van der Waals surface area contributed by atoms with Gasteiger partial charge in [0.25, 0.3) is 0 Å². The molecule has 0 saturated heterocycles. The van der Waals surface area contributed by atoms with E-state index in [0.29, 0.717) is 6.42 Å². The van der Waals surface area contributed by atoms with Crippen molar-refractivity contribution < 1.29 is 28.6 Å². The monoisotopic (exact) mass is 649 g/mol. The Kier molecular flexibility index (Phi) is 11.3. The third-order valence-electron chi connectivity index (χ3n) is 7.92. The molecule has 5 rings (SSSR count). The molecule has 9 nitrogen and oxygen atoms in total. The van der Waals surface area contributed by atoms with Gasteiger partial charge in [-0.05, 0) is 79.1 Å². The summed E-state index contributed by atoms with van der Waals surface area (Å²) in [6, 6.07) is 32.2. The van der Waals surface area contributed by atoms with Crippen molar-refractivity contribution in [3.05, 3.63) is 125 Å². The maximum Gasteiger partial charge on any atom is 0.407 e. The van der Waals surface area contributed by atoms with E-state index >= 15 is 0 Å². The smallest absolute Gasteiger partial charge is 0.407 e. The van der Waals surface area contributed by atoms with Gasteiger partial charge in [-0.25, -0.2) is 9.59 Å². The molecule has 1 aliphatic rings. The summed E-state index contributed by atoms with van der Waals surface area (Å²) >= 11 is 0. The maximum absolute atomic E-state index is 13.4. The number of hydrogen-bond acceptors (Lipinski definition) is 6. The third-order valence-corrected chi connectivity index (χ3v) is 7.92. The van der Waals surface area contributed by atoms with Crippen LogP contribution < -0.4 is 20.7 Å². The van der Waals surface area contributed by atoms with Crippen LogP contribution in [-0.4, -0.2) is 42.9 Å². The van der Waals surface area contributed by atoms with E-state index in [0.717, 1.165) is 39.1 Å². The molecule has 0 heterocycles. The lowest BCUT2D eigenvalue weighted by molar-refractivity contribution is -0.123. The van der Waals surface area contributed by atoms with E-state index < -0.39 is 18.2 Å². The molecule has 0 radical (unpaired) electrons. The Morgan fingerprint density at radius 2 is 1.33 bits per heavy atom. The summed E-state index contributed by atoms with van der Waals surface area (Å²) in [5, 5.41) is 8.39. The number of ether oxygens (including phenoxy) is 3. The van der Waals surface area contributed by atoms with E-state index in [9.17, 15) is 14.4 Å². The number of rotatable bonds is 13. The van der Waals surface area contributed by atoms with Gasteiger partial charge in [-0.2, -0.15) is 0 Å². The van der Waals surface area contributed by atoms with Gasteiger partial charge in [-0.1, -0.05) is 91.0 Å². The average Bonchev–Trinajstić information content (AvgIpc) is 3.40. The molecule has 0 aliphatic heterocycles. The van der Waals surface area contributed by atoms with Crippen LogP contribution >= 0.6 is 0 Å². The fourth-order valence-electron chi connectivity index (χ4n) is 5.66. The first kappa shape index (κ1) is 34.0. The predicted molar refractivity (Wildman–Crippen MR) is 185 cm³/mol. The van der Waals surface area contributed by atoms with Crippen LogP contribution in [-0.2, 0) is 27.4 Å². The Hall–Kier alpha value is -5.31.